The molecule has 0 bridgehead atoms. The Hall–Kier alpha value is -0.240. The summed E-state index contributed by atoms with van der Waals surface area (Å²) in [7, 11) is 0. The second-order valence-corrected chi connectivity index (χ2v) is 6.00. The lowest BCUT2D eigenvalue weighted by molar-refractivity contribution is 0.223. The Kier molecular flexibility index (Phi) is 5.35. The molecule has 1 N–H and O–H groups in total. The number of halogens is 2. The highest BCUT2D eigenvalue weighted by molar-refractivity contribution is 6.30. The van der Waals surface area contributed by atoms with Gasteiger partial charge in [-0.2, -0.15) is 0 Å². The molecule has 0 saturated heterocycles. The number of benzene rings is 1. The highest BCUT2D eigenvalue weighted by atomic mass is 35.5. The van der Waals surface area contributed by atoms with Crippen LogP contribution < -0.4 is 5.32 Å². The van der Waals surface area contributed by atoms with Crippen LogP contribution in [0.15, 0.2) is 24.3 Å². The van der Waals surface area contributed by atoms with Crippen LogP contribution in [0.5, 0.6) is 0 Å². The van der Waals surface area contributed by atoms with Gasteiger partial charge >= 0.3 is 0 Å². The fourth-order valence-corrected chi connectivity index (χ4v) is 2.99. The molecule has 18 heavy (non-hydrogen) atoms. The monoisotopic (exact) mass is 285 g/mol. The molecule has 1 aromatic carbocycles. The Balaban J connectivity index is 1.88. The van der Waals surface area contributed by atoms with Gasteiger partial charge < -0.3 is 5.32 Å². The molecular weight excluding hydrogens is 265 g/mol. The Morgan fingerprint density at radius 2 is 1.83 bits per heavy atom. The molecule has 1 fully saturated rings. The van der Waals surface area contributed by atoms with Crippen molar-refractivity contribution in [3.05, 3.63) is 34.9 Å². The van der Waals surface area contributed by atoms with E-state index in [4.69, 9.17) is 23.2 Å². The van der Waals surface area contributed by atoms with Gasteiger partial charge in [-0.05, 0) is 61.9 Å². The van der Waals surface area contributed by atoms with Gasteiger partial charge in [0.25, 0.3) is 0 Å². The molecule has 0 atom stereocenters. The summed E-state index contributed by atoms with van der Waals surface area (Å²) >= 11 is 11.6. The summed E-state index contributed by atoms with van der Waals surface area (Å²) in [6.07, 6.45) is 6.24. The minimum absolute atomic E-state index is 0.401. The molecule has 0 amide bonds. The summed E-state index contributed by atoms with van der Waals surface area (Å²) in [5.41, 5.74) is 1.86. The molecule has 2 rings (SSSR count). The predicted molar refractivity (Wildman–Crippen MR) is 79.8 cm³/mol. The third kappa shape index (κ3) is 3.40. The molecule has 1 aliphatic rings. The van der Waals surface area contributed by atoms with E-state index < -0.39 is 0 Å². The van der Waals surface area contributed by atoms with Crippen LogP contribution in [-0.4, -0.2) is 19.0 Å². The highest BCUT2D eigenvalue weighted by Crippen LogP contribution is 2.46. The molecule has 0 unspecified atom stereocenters. The molecule has 0 spiro atoms. The van der Waals surface area contributed by atoms with Gasteiger partial charge in [0.15, 0.2) is 0 Å². The van der Waals surface area contributed by atoms with Crippen molar-refractivity contribution in [1.82, 2.24) is 5.32 Å². The van der Waals surface area contributed by atoms with Crippen molar-refractivity contribution in [3.63, 3.8) is 0 Å². The Bertz CT molecular complexity index is 357. The standard InChI is InChI=1S/C15H21Cl2N/c16-10-2-11-18-12-9-15(7-1-8-15)13-3-5-14(17)6-4-13/h3-6,18H,1-2,7-12H2. The van der Waals surface area contributed by atoms with E-state index in [-0.39, 0.29) is 0 Å². The van der Waals surface area contributed by atoms with Gasteiger partial charge in [-0.15, -0.1) is 11.6 Å². The number of nitrogens with one attached hydrogen (secondary N) is 1. The lowest BCUT2D eigenvalue weighted by atomic mass is 9.62. The van der Waals surface area contributed by atoms with Gasteiger partial charge in [0.05, 0.1) is 0 Å². The number of hydrogen-bond acceptors (Lipinski definition) is 1. The van der Waals surface area contributed by atoms with Crippen molar-refractivity contribution in [3.8, 4) is 0 Å². The summed E-state index contributed by atoms with van der Waals surface area (Å²) < 4.78 is 0. The molecule has 0 heterocycles. The van der Waals surface area contributed by atoms with Gasteiger partial charge in [0.1, 0.15) is 0 Å². The molecule has 100 valence electrons. The maximum atomic E-state index is 5.96. The van der Waals surface area contributed by atoms with Crippen LogP contribution in [0.1, 0.15) is 37.7 Å². The Morgan fingerprint density at radius 1 is 1.11 bits per heavy atom. The lowest BCUT2D eigenvalue weighted by Gasteiger charge is -2.43. The van der Waals surface area contributed by atoms with Gasteiger partial charge in [-0.3, -0.25) is 0 Å². The van der Waals surface area contributed by atoms with Crippen LogP contribution in [0.2, 0.25) is 5.02 Å². The van der Waals surface area contributed by atoms with Crippen LogP contribution in [-0.2, 0) is 5.41 Å². The molecule has 0 aliphatic heterocycles. The normalized spacial score (nSPS) is 17.4. The van der Waals surface area contributed by atoms with Crippen LogP contribution in [0, 0.1) is 0 Å². The second-order valence-electron chi connectivity index (χ2n) is 5.18. The first-order valence-electron chi connectivity index (χ1n) is 6.80. The van der Waals surface area contributed by atoms with Crippen LogP contribution >= 0.6 is 23.2 Å². The van der Waals surface area contributed by atoms with Crippen molar-refractivity contribution in [1.29, 1.82) is 0 Å². The summed E-state index contributed by atoms with van der Waals surface area (Å²) in [5, 5.41) is 4.31. The van der Waals surface area contributed by atoms with Crippen LogP contribution in [0.3, 0.4) is 0 Å². The number of alkyl halides is 1. The zero-order valence-corrected chi connectivity index (χ0v) is 12.2. The predicted octanol–water partition coefficient (Wildman–Crippen LogP) is 4.37. The summed E-state index contributed by atoms with van der Waals surface area (Å²) in [6, 6.07) is 8.41. The molecule has 0 radical (unpaired) electrons. The minimum atomic E-state index is 0.401. The van der Waals surface area contributed by atoms with E-state index in [1.54, 1.807) is 0 Å². The third-order valence-corrected chi connectivity index (χ3v) is 4.55. The highest BCUT2D eigenvalue weighted by Gasteiger charge is 2.37. The molecule has 3 heteroatoms. The van der Waals surface area contributed by atoms with Gasteiger partial charge in [0, 0.05) is 10.9 Å². The Morgan fingerprint density at radius 3 is 2.39 bits per heavy atom. The van der Waals surface area contributed by atoms with Gasteiger partial charge in [-0.1, -0.05) is 30.2 Å². The van der Waals surface area contributed by atoms with Crippen LogP contribution in [0.25, 0.3) is 0 Å². The minimum Gasteiger partial charge on any atom is -0.317 e. The van der Waals surface area contributed by atoms with E-state index in [1.807, 2.05) is 12.1 Å². The maximum Gasteiger partial charge on any atom is 0.0406 e. The summed E-state index contributed by atoms with van der Waals surface area (Å²) in [4.78, 5) is 0. The van der Waals surface area contributed by atoms with E-state index in [1.165, 1.54) is 31.2 Å². The first-order valence-corrected chi connectivity index (χ1v) is 7.71. The average molecular weight is 286 g/mol. The lowest BCUT2D eigenvalue weighted by Crippen LogP contribution is -2.37. The third-order valence-electron chi connectivity index (χ3n) is 4.03. The first-order chi connectivity index (χ1) is 8.77. The maximum absolute atomic E-state index is 5.96. The smallest absolute Gasteiger partial charge is 0.0406 e. The zero-order chi connectivity index (χ0) is 12.8. The number of hydrogen-bond donors (Lipinski definition) is 1. The molecule has 0 aromatic heterocycles. The molecular formula is C15H21Cl2N. The number of rotatable bonds is 7. The van der Waals surface area contributed by atoms with Crippen molar-refractivity contribution >= 4 is 23.2 Å². The summed E-state index contributed by atoms with van der Waals surface area (Å²) in [6.45, 7) is 2.11. The molecule has 1 aromatic rings. The fraction of sp³-hybridized carbons (Fsp3) is 0.600. The quantitative estimate of drug-likeness (QED) is 0.579. The first kappa shape index (κ1) is 14.2. The van der Waals surface area contributed by atoms with E-state index in [9.17, 15) is 0 Å². The SMILES string of the molecule is ClCCCNCCC1(c2ccc(Cl)cc2)CCC1. The van der Waals surface area contributed by atoms with Gasteiger partial charge in [0.2, 0.25) is 0 Å². The van der Waals surface area contributed by atoms with Crippen molar-refractivity contribution in [2.45, 2.75) is 37.5 Å². The summed E-state index contributed by atoms with van der Waals surface area (Å²) in [5.74, 6) is 0.745. The van der Waals surface area contributed by atoms with Crippen molar-refractivity contribution in [2.24, 2.45) is 0 Å². The Labute approximate surface area is 120 Å². The molecule has 1 saturated carbocycles. The van der Waals surface area contributed by atoms with E-state index in [2.05, 4.69) is 17.4 Å². The van der Waals surface area contributed by atoms with Crippen molar-refractivity contribution < 1.29 is 0 Å². The second kappa shape index (κ2) is 6.79. The van der Waals surface area contributed by atoms with E-state index in [0.29, 0.717) is 5.41 Å². The van der Waals surface area contributed by atoms with E-state index in [0.717, 1.165) is 30.4 Å². The van der Waals surface area contributed by atoms with Crippen LogP contribution in [0.4, 0.5) is 0 Å². The van der Waals surface area contributed by atoms with E-state index >= 15 is 0 Å². The average Bonchev–Trinajstić information content (AvgIpc) is 2.33. The van der Waals surface area contributed by atoms with Crippen molar-refractivity contribution in [2.75, 3.05) is 19.0 Å². The zero-order valence-electron chi connectivity index (χ0n) is 10.7. The van der Waals surface area contributed by atoms with Gasteiger partial charge in [-0.25, -0.2) is 0 Å². The topological polar surface area (TPSA) is 12.0 Å². The molecule has 1 nitrogen and oxygen atoms in total. The largest absolute Gasteiger partial charge is 0.317 e. The molecule has 1 aliphatic carbocycles. The fourth-order valence-electron chi connectivity index (χ4n) is 2.73.